The van der Waals surface area contributed by atoms with E-state index in [2.05, 4.69) is 20.8 Å². The van der Waals surface area contributed by atoms with Crippen molar-refractivity contribution in [2.45, 2.75) is 44.6 Å². The Balaban J connectivity index is 1.74. The summed E-state index contributed by atoms with van der Waals surface area (Å²) < 4.78 is 1.60. The molecule has 1 aromatic heterocycles. The summed E-state index contributed by atoms with van der Waals surface area (Å²) in [5.41, 5.74) is 1.51. The van der Waals surface area contributed by atoms with Crippen LogP contribution in [0.5, 0.6) is 0 Å². The van der Waals surface area contributed by atoms with Gasteiger partial charge in [-0.3, -0.25) is 4.79 Å². The molecule has 0 aliphatic heterocycles. The van der Waals surface area contributed by atoms with Gasteiger partial charge in [-0.2, -0.15) is 0 Å². The molecule has 2 aromatic rings. The maximum Gasteiger partial charge on any atom is 0.251 e. The zero-order valence-corrected chi connectivity index (χ0v) is 12.8. The van der Waals surface area contributed by atoms with Gasteiger partial charge >= 0.3 is 0 Å². The van der Waals surface area contributed by atoms with Gasteiger partial charge in [0.25, 0.3) is 5.91 Å². The second kappa shape index (κ2) is 6.68. The smallest absolute Gasteiger partial charge is 0.251 e. The molecule has 1 N–H and O–H groups in total. The molecule has 1 aliphatic rings. The van der Waals surface area contributed by atoms with Crippen molar-refractivity contribution < 1.29 is 4.79 Å². The quantitative estimate of drug-likeness (QED) is 0.883. The molecule has 0 atom stereocenters. The summed E-state index contributed by atoms with van der Waals surface area (Å²) in [6.07, 6.45) is 7.13. The lowest BCUT2D eigenvalue weighted by Crippen LogP contribution is -2.34. The van der Waals surface area contributed by atoms with Gasteiger partial charge in [0.05, 0.1) is 0 Å². The molecule has 116 valence electrons. The first-order chi connectivity index (χ1) is 10.7. The van der Waals surface area contributed by atoms with Crippen LogP contribution in [0.3, 0.4) is 0 Å². The molecule has 1 amide bonds. The SMILES string of the molecule is Cn1nnnc1-c1cccc(C(=O)NC2CCCCCC2)c1. The monoisotopic (exact) mass is 299 g/mol. The van der Waals surface area contributed by atoms with Crippen LogP contribution < -0.4 is 5.32 Å². The minimum absolute atomic E-state index is 0.0103. The predicted octanol–water partition coefficient (Wildman–Crippen LogP) is 2.33. The van der Waals surface area contributed by atoms with Crippen molar-refractivity contribution in [1.29, 1.82) is 0 Å². The average Bonchev–Trinajstić information content (AvgIpc) is 2.80. The molecular weight excluding hydrogens is 278 g/mol. The van der Waals surface area contributed by atoms with E-state index < -0.39 is 0 Å². The molecule has 0 radical (unpaired) electrons. The van der Waals surface area contributed by atoms with E-state index in [9.17, 15) is 4.79 Å². The number of tetrazole rings is 1. The first-order valence-corrected chi connectivity index (χ1v) is 7.88. The molecule has 1 saturated carbocycles. The molecular formula is C16H21N5O. The minimum Gasteiger partial charge on any atom is -0.349 e. The van der Waals surface area contributed by atoms with Gasteiger partial charge < -0.3 is 5.32 Å². The van der Waals surface area contributed by atoms with Gasteiger partial charge in [-0.15, -0.1) is 5.10 Å². The fourth-order valence-corrected chi connectivity index (χ4v) is 2.97. The number of nitrogens with zero attached hydrogens (tertiary/aromatic N) is 4. The van der Waals surface area contributed by atoms with Crippen molar-refractivity contribution in [2.75, 3.05) is 0 Å². The van der Waals surface area contributed by atoms with Gasteiger partial charge in [-0.1, -0.05) is 37.8 Å². The van der Waals surface area contributed by atoms with Crippen LogP contribution in [0.15, 0.2) is 24.3 Å². The Bertz CT molecular complexity index is 643. The second-order valence-corrected chi connectivity index (χ2v) is 5.87. The summed E-state index contributed by atoms with van der Waals surface area (Å²) in [4.78, 5) is 12.5. The molecule has 22 heavy (non-hydrogen) atoms. The van der Waals surface area contributed by atoms with E-state index in [0.29, 0.717) is 17.4 Å². The Labute approximate surface area is 129 Å². The normalized spacial score (nSPS) is 16.2. The fraction of sp³-hybridized carbons (Fsp3) is 0.500. The maximum absolute atomic E-state index is 12.5. The molecule has 1 aliphatic carbocycles. The van der Waals surface area contributed by atoms with Crippen LogP contribution in [0, 0.1) is 0 Å². The number of aryl methyl sites for hydroxylation is 1. The zero-order valence-electron chi connectivity index (χ0n) is 12.8. The van der Waals surface area contributed by atoms with Gasteiger partial charge in [0.2, 0.25) is 0 Å². The van der Waals surface area contributed by atoms with E-state index in [4.69, 9.17) is 0 Å². The lowest BCUT2D eigenvalue weighted by Gasteiger charge is -2.16. The van der Waals surface area contributed by atoms with Crippen molar-refractivity contribution in [3.63, 3.8) is 0 Å². The van der Waals surface area contributed by atoms with E-state index in [0.717, 1.165) is 18.4 Å². The Morgan fingerprint density at radius 1 is 1.23 bits per heavy atom. The van der Waals surface area contributed by atoms with E-state index in [1.807, 2.05) is 24.3 Å². The highest BCUT2D eigenvalue weighted by Gasteiger charge is 2.16. The summed E-state index contributed by atoms with van der Waals surface area (Å²) in [6, 6.07) is 7.76. The Hall–Kier alpha value is -2.24. The Kier molecular flexibility index (Phi) is 4.46. The summed E-state index contributed by atoms with van der Waals surface area (Å²) in [6.45, 7) is 0. The van der Waals surface area contributed by atoms with Crippen LogP contribution in [0.2, 0.25) is 0 Å². The summed E-state index contributed by atoms with van der Waals surface area (Å²) in [7, 11) is 1.79. The molecule has 0 saturated heterocycles. The topological polar surface area (TPSA) is 72.7 Å². The molecule has 0 spiro atoms. The van der Waals surface area contributed by atoms with Crippen LogP contribution in [0.4, 0.5) is 0 Å². The number of amides is 1. The third-order valence-electron chi connectivity index (χ3n) is 4.19. The molecule has 0 unspecified atom stereocenters. The highest BCUT2D eigenvalue weighted by molar-refractivity contribution is 5.95. The molecule has 1 heterocycles. The highest BCUT2D eigenvalue weighted by atomic mass is 16.1. The number of aromatic nitrogens is 4. The number of benzene rings is 1. The largest absolute Gasteiger partial charge is 0.349 e. The summed E-state index contributed by atoms with van der Waals surface area (Å²) >= 11 is 0. The number of hydrogen-bond acceptors (Lipinski definition) is 4. The van der Waals surface area contributed by atoms with Gasteiger partial charge in [-0.05, 0) is 35.4 Å². The zero-order chi connectivity index (χ0) is 15.4. The van der Waals surface area contributed by atoms with E-state index in [-0.39, 0.29) is 5.91 Å². The number of carbonyl (C=O) groups excluding carboxylic acids is 1. The first kappa shape index (κ1) is 14.7. The Morgan fingerprint density at radius 3 is 2.68 bits per heavy atom. The van der Waals surface area contributed by atoms with Crippen LogP contribution >= 0.6 is 0 Å². The molecule has 6 nitrogen and oxygen atoms in total. The molecule has 6 heteroatoms. The van der Waals surface area contributed by atoms with Gasteiger partial charge in [-0.25, -0.2) is 4.68 Å². The van der Waals surface area contributed by atoms with E-state index in [1.54, 1.807) is 11.7 Å². The minimum atomic E-state index is -0.0103. The Morgan fingerprint density at radius 2 is 2.00 bits per heavy atom. The molecule has 1 fully saturated rings. The highest BCUT2D eigenvalue weighted by Crippen LogP contribution is 2.19. The standard InChI is InChI=1S/C16H21N5O/c1-21-15(18-19-20-21)12-7-6-8-13(11-12)16(22)17-14-9-4-2-3-5-10-14/h6-8,11,14H,2-5,9-10H2,1H3,(H,17,22). The lowest BCUT2D eigenvalue weighted by atomic mass is 10.1. The number of rotatable bonds is 3. The van der Waals surface area contributed by atoms with Crippen molar-refractivity contribution in [3.8, 4) is 11.4 Å². The van der Waals surface area contributed by atoms with Crippen LogP contribution in [0.25, 0.3) is 11.4 Å². The van der Waals surface area contributed by atoms with Gasteiger partial charge in [0, 0.05) is 24.2 Å². The number of hydrogen-bond donors (Lipinski definition) is 1. The average molecular weight is 299 g/mol. The molecule has 1 aromatic carbocycles. The summed E-state index contributed by atoms with van der Waals surface area (Å²) in [5, 5.41) is 14.6. The maximum atomic E-state index is 12.5. The number of carbonyl (C=O) groups is 1. The van der Waals surface area contributed by atoms with Crippen LogP contribution in [-0.4, -0.2) is 32.2 Å². The van der Waals surface area contributed by atoms with E-state index >= 15 is 0 Å². The molecule has 3 rings (SSSR count). The van der Waals surface area contributed by atoms with Gasteiger partial charge in [0.1, 0.15) is 0 Å². The van der Waals surface area contributed by atoms with Crippen molar-refractivity contribution >= 4 is 5.91 Å². The predicted molar refractivity (Wildman–Crippen MR) is 83.2 cm³/mol. The first-order valence-electron chi connectivity index (χ1n) is 7.88. The van der Waals surface area contributed by atoms with E-state index in [1.165, 1.54) is 25.7 Å². The fourth-order valence-electron chi connectivity index (χ4n) is 2.97. The van der Waals surface area contributed by atoms with Crippen LogP contribution in [0.1, 0.15) is 48.9 Å². The van der Waals surface area contributed by atoms with Crippen molar-refractivity contribution in [3.05, 3.63) is 29.8 Å². The number of nitrogens with one attached hydrogen (secondary N) is 1. The van der Waals surface area contributed by atoms with Crippen LogP contribution in [-0.2, 0) is 7.05 Å². The molecule has 0 bridgehead atoms. The third-order valence-corrected chi connectivity index (χ3v) is 4.19. The second-order valence-electron chi connectivity index (χ2n) is 5.87. The van der Waals surface area contributed by atoms with Crippen molar-refractivity contribution in [2.24, 2.45) is 7.05 Å². The lowest BCUT2D eigenvalue weighted by molar-refractivity contribution is 0.0933. The van der Waals surface area contributed by atoms with Gasteiger partial charge in [0.15, 0.2) is 5.82 Å². The summed E-state index contributed by atoms with van der Waals surface area (Å²) in [5.74, 6) is 0.646. The third kappa shape index (κ3) is 3.32. The van der Waals surface area contributed by atoms with Crippen molar-refractivity contribution in [1.82, 2.24) is 25.5 Å².